The van der Waals surface area contributed by atoms with E-state index in [4.69, 9.17) is 20.2 Å². The van der Waals surface area contributed by atoms with Crippen molar-refractivity contribution in [2.45, 2.75) is 4.90 Å². The van der Waals surface area contributed by atoms with Gasteiger partial charge in [-0.15, -0.1) is 0 Å². The fourth-order valence-electron chi connectivity index (χ4n) is 1.13. The topological polar surface area (TPSA) is 137 Å². The quantitative estimate of drug-likeness (QED) is 0.304. The lowest BCUT2D eigenvalue weighted by atomic mass is 10.2. The molecule has 0 aliphatic heterocycles. The Bertz CT molecular complexity index is 498. The number of hydrogen-bond donors (Lipinski definition) is 4. The molecule has 0 aliphatic rings. The number of methoxy groups -OCH3 is 1. The van der Waals surface area contributed by atoms with Crippen LogP contribution in [-0.4, -0.2) is 25.3 Å². The van der Waals surface area contributed by atoms with Crippen molar-refractivity contribution in [2.24, 2.45) is 0 Å². The summed E-state index contributed by atoms with van der Waals surface area (Å²) in [5.74, 6) is 0.0183. The first-order valence-corrected chi connectivity index (χ1v) is 5.39. The van der Waals surface area contributed by atoms with Crippen LogP contribution in [0.4, 0.5) is 11.4 Å². The van der Waals surface area contributed by atoms with E-state index in [0.717, 1.165) is 12.1 Å². The molecule has 1 aromatic rings. The third-order valence-corrected chi connectivity index (χ3v) is 2.73. The van der Waals surface area contributed by atoms with E-state index in [1.54, 1.807) is 0 Å². The minimum absolute atomic E-state index is 0.0183. The van der Waals surface area contributed by atoms with E-state index >= 15 is 0 Å². The molecule has 0 saturated carbocycles. The predicted octanol–water partition coefficient (Wildman–Crippen LogP) is -1.07. The molecular weight excluding hydrogens is 240 g/mol. The van der Waals surface area contributed by atoms with Crippen molar-refractivity contribution >= 4 is 21.5 Å². The first-order chi connectivity index (χ1) is 7.27. The Morgan fingerprint density at radius 3 is 2.44 bits per heavy atom. The van der Waals surface area contributed by atoms with Gasteiger partial charge in [0.2, 0.25) is 0 Å². The molecule has 0 spiro atoms. The number of rotatable bonds is 3. The summed E-state index contributed by atoms with van der Waals surface area (Å²) >= 11 is 0. The smallest absolute Gasteiger partial charge is 0.300 e. The summed E-state index contributed by atoms with van der Waals surface area (Å²) in [7, 11) is -3.39. The zero-order valence-electron chi connectivity index (χ0n) is 8.17. The van der Waals surface area contributed by atoms with Crippen molar-refractivity contribution in [1.82, 2.24) is 0 Å². The number of nitrogen functional groups attached to an aromatic ring is 1. The van der Waals surface area contributed by atoms with Crippen LogP contribution >= 0.6 is 0 Å². The largest absolute Gasteiger partial charge is 0.595 e. The summed E-state index contributed by atoms with van der Waals surface area (Å²) in [6.45, 7) is 0. The Hall–Kier alpha value is -1.39. The molecule has 0 amide bonds. The second-order valence-corrected chi connectivity index (χ2v) is 4.26. The van der Waals surface area contributed by atoms with Gasteiger partial charge in [0.05, 0.1) is 12.8 Å². The van der Waals surface area contributed by atoms with Crippen LogP contribution in [0.5, 0.6) is 5.75 Å². The van der Waals surface area contributed by atoms with Crippen molar-refractivity contribution in [3.05, 3.63) is 17.3 Å². The first-order valence-electron chi connectivity index (χ1n) is 3.95. The fraction of sp³-hybridized carbons (Fsp3) is 0.143. The molecule has 0 radical (unpaired) electrons. The van der Waals surface area contributed by atoms with E-state index in [0.29, 0.717) is 0 Å². The highest BCUT2D eigenvalue weighted by molar-refractivity contribution is 7.86. The number of nitrogens with two attached hydrogens (primary N) is 1. The molecule has 5 N–H and O–H groups in total. The second kappa shape index (κ2) is 4.23. The molecule has 8 nitrogen and oxygen atoms in total. The molecule has 90 valence electrons. The maximum Gasteiger partial charge on any atom is 0.300 e. The van der Waals surface area contributed by atoms with Crippen molar-refractivity contribution in [3.8, 4) is 5.75 Å². The molecule has 0 aromatic heterocycles. The molecule has 1 rings (SSSR count). The zero-order valence-corrected chi connectivity index (χ0v) is 8.98. The number of quaternary nitrogens is 1. The minimum atomic E-state index is -4.64. The Labute approximate surface area is 91.1 Å². The number of ether oxygens (including phenoxy) is 1. The summed E-state index contributed by atoms with van der Waals surface area (Å²) in [6.07, 6.45) is 0. The molecular formula is C7H10N2O6S. The van der Waals surface area contributed by atoms with Crippen LogP contribution < -0.4 is 15.7 Å². The van der Waals surface area contributed by atoms with Crippen molar-refractivity contribution in [1.29, 1.82) is 0 Å². The van der Waals surface area contributed by atoms with E-state index in [9.17, 15) is 13.6 Å². The standard InChI is InChI=1S/C7H10N2O6S/c1-15-6-3-5(9(10)11)7(2-4(6)8)16(12,13)14/h2-3,9-10H,8H2,1H3,(H,12,13,14). The molecule has 0 fully saturated rings. The van der Waals surface area contributed by atoms with Gasteiger partial charge in [0, 0.05) is 6.07 Å². The van der Waals surface area contributed by atoms with Crippen LogP contribution in [0.3, 0.4) is 0 Å². The van der Waals surface area contributed by atoms with Gasteiger partial charge in [-0.05, 0) is 6.07 Å². The van der Waals surface area contributed by atoms with Crippen LogP contribution in [0.25, 0.3) is 0 Å². The van der Waals surface area contributed by atoms with Crippen LogP contribution in [0.1, 0.15) is 0 Å². The van der Waals surface area contributed by atoms with E-state index < -0.39 is 25.9 Å². The summed E-state index contributed by atoms with van der Waals surface area (Å²) in [5, 5.41) is 18.0. The Morgan fingerprint density at radius 1 is 1.50 bits per heavy atom. The molecule has 16 heavy (non-hydrogen) atoms. The maximum atomic E-state index is 10.9. The lowest BCUT2D eigenvalue weighted by Gasteiger charge is -2.16. The SMILES string of the molecule is COc1cc([NH+]([O-])O)c(S(=O)(=O)O)cc1N. The van der Waals surface area contributed by atoms with Crippen molar-refractivity contribution < 1.29 is 28.1 Å². The highest BCUT2D eigenvalue weighted by Crippen LogP contribution is 2.29. The third kappa shape index (κ3) is 2.40. The average Bonchev–Trinajstić information content (AvgIpc) is 2.15. The van der Waals surface area contributed by atoms with E-state index in [1.807, 2.05) is 0 Å². The van der Waals surface area contributed by atoms with Crippen LogP contribution in [0, 0.1) is 5.21 Å². The van der Waals surface area contributed by atoms with Crippen LogP contribution in [-0.2, 0) is 10.1 Å². The van der Waals surface area contributed by atoms with Gasteiger partial charge in [-0.1, -0.05) is 0 Å². The minimum Gasteiger partial charge on any atom is -0.595 e. The van der Waals surface area contributed by atoms with E-state index in [-0.39, 0.29) is 11.4 Å². The number of nitrogens with one attached hydrogen (secondary N) is 1. The summed E-state index contributed by atoms with van der Waals surface area (Å²) in [6, 6.07) is 1.76. The Morgan fingerprint density at radius 2 is 2.06 bits per heavy atom. The Balaban J connectivity index is 3.55. The molecule has 9 heteroatoms. The van der Waals surface area contributed by atoms with Crippen molar-refractivity contribution in [3.63, 3.8) is 0 Å². The van der Waals surface area contributed by atoms with Gasteiger partial charge in [0.1, 0.15) is 5.75 Å². The molecule has 1 aromatic carbocycles. The normalized spacial score (nSPS) is 13.5. The summed E-state index contributed by atoms with van der Waals surface area (Å²) in [5.41, 5.74) is 4.72. The average molecular weight is 250 g/mol. The summed E-state index contributed by atoms with van der Waals surface area (Å²) in [4.78, 5) is -0.765. The number of hydrogen-bond acceptors (Lipinski definition) is 6. The van der Waals surface area contributed by atoms with Gasteiger partial charge < -0.3 is 15.7 Å². The molecule has 1 unspecified atom stereocenters. The van der Waals surface area contributed by atoms with E-state index in [1.165, 1.54) is 7.11 Å². The third-order valence-electron chi connectivity index (χ3n) is 1.84. The molecule has 0 heterocycles. The second-order valence-electron chi connectivity index (χ2n) is 2.87. The van der Waals surface area contributed by atoms with Crippen LogP contribution in [0.15, 0.2) is 17.0 Å². The number of benzene rings is 1. The van der Waals surface area contributed by atoms with Gasteiger partial charge in [0.15, 0.2) is 10.6 Å². The zero-order chi connectivity index (χ0) is 12.5. The molecule has 0 saturated heterocycles. The Kier molecular flexibility index (Phi) is 3.35. The van der Waals surface area contributed by atoms with Crippen molar-refractivity contribution in [2.75, 3.05) is 12.8 Å². The van der Waals surface area contributed by atoms with Gasteiger partial charge >= 0.3 is 10.1 Å². The van der Waals surface area contributed by atoms with E-state index in [2.05, 4.69) is 0 Å². The van der Waals surface area contributed by atoms with Gasteiger partial charge in [-0.3, -0.25) is 4.55 Å². The lowest BCUT2D eigenvalue weighted by Crippen LogP contribution is -2.99. The summed E-state index contributed by atoms with van der Waals surface area (Å²) < 4.78 is 35.4. The van der Waals surface area contributed by atoms with Gasteiger partial charge in [-0.25, -0.2) is 5.21 Å². The molecule has 0 aliphatic carbocycles. The highest BCUT2D eigenvalue weighted by atomic mass is 32.2. The van der Waals surface area contributed by atoms with Gasteiger partial charge in [0.25, 0.3) is 0 Å². The number of anilines is 1. The van der Waals surface area contributed by atoms with Crippen LogP contribution in [0.2, 0.25) is 0 Å². The fourth-order valence-corrected chi connectivity index (χ4v) is 1.83. The highest BCUT2D eigenvalue weighted by Gasteiger charge is 2.23. The first kappa shape index (κ1) is 12.7. The van der Waals surface area contributed by atoms with Gasteiger partial charge in [-0.2, -0.15) is 13.6 Å². The molecule has 0 bridgehead atoms. The predicted molar refractivity (Wildman–Crippen MR) is 53.0 cm³/mol. The maximum absolute atomic E-state index is 10.9. The monoisotopic (exact) mass is 250 g/mol. The lowest BCUT2D eigenvalue weighted by molar-refractivity contribution is -0.992. The molecule has 1 atom stereocenters.